The van der Waals surface area contributed by atoms with Crippen LogP contribution in [-0.4, -0.2) is 136 Å². The zero-order valence-electron chi connectivity index (χ0n) is 53.7. The van der Waals surface area contributed by atoms with Crippen molar-refractivity contribution in [2.45, 2.75) is 12.4 Å². The highest BCUT2D eigenvalue weighted by atomic mass is 35.5. The van der Waals surface area contributed by atoms with E-state index in [4.69, 9.17) is 202 Å². The van der Waals surface area contributed by atoms with Crippen LogP contribution in [0, 0.1) is 10.1 Å². The lowest BCUT2D eigenvalue weighted by Gasteiger charge is -2.15. The van der Waals surface area contributed by atoms with Crippen LogP contribution in [-0.2, 0) is 36.0 Å². The molecule has 0 unspecified atom stereocenters. The van der Waals surface area contributed by atoms with Gasteiger partial charge in [0, 0.05) is 21.1 Å². The van der Waals surface area contributed by atoms with Gasteiger partial charge < -0.3 is 70.4 Å². The van der Waals surface area contributed by atoms with E-state index in [2.05, 4.69) is 24.8 Å². The van der Waals surface area contributed by atoms with Gasteiger partial charge in [-0.05, 0) is 50.5 Å². The average Bonchev–Trinajstić information content (AvgIpc) is 0.769. The third-order valence-corrected chi connectivity index (χ3v) is 16.6. The molecule has 0 aliphatic heterocycles. The van der Waals surface area contributed by atoms with Gasteiger partial charge in [-0.1, -0.05) is 139 Å². The first-order valence-electron chi connectivity index (χ1n) is 26.7. The second-order valence-corrected chi connectivity index (χ2v) is 24.2. The maximum atomic E-state index is 12.5. The third-order valence-electron chi connectivity index (χ3n) is 12.9. The molecule has 0 aliphatic rings. The number of nitrogens with one attached hydrogen (secondary N) is 1. The number of alkyl halides is 1. The highest BCUT2D eigenvalue weighted by molar-refractivity contribution is 6.42. The number of ether oxygens (including phenoxy) is 8. The monoisotopic (exact) mass is 1630 g/mol. The molecule has 27 nitrogen and oxygen atoms in total. The van der Waals surface area contributed by atoms with Gasteiger partial charge in [-0.15, -0.1) is 11.6 Å². The lowest BCUT2D eigenvalue weighted by molar-refractivity contribution is -0.386. The maximum Gasteiger partial charge on any atom is 0.346 e. The number of amides is 1. The number of aromatic nitrogens is 4. The number of halogens is 13. The summed E-state index contributed by atoms with van der Waals surface area (Å²) >= 11 is 76.2. The Morgan fingerprint density at radius 1 is 0.505 bits per heavy atom. The number of rotatable bonds is 14. The summed E-state index contributed by atoms with van der Waals surface area (Å²) in [6.07, 6.45) is 0. The van der Waals surface area contributed by atoms with E-state index in [1.807, 2.05) is 19.0 Å². The number of anilines is 3. The van der Waals surface area contributed by atoms with Gasteiger partial charge >= 0.3 is 23.6 Å². The molecular formula is C59H57Cl13N10O17. The Kier molecular flexibility index (Phi) is 33.5. The Balaban J connectivity index is 0.000000310. The number of benzene rings is 6. The number of nitrogen functional groups attached to an aromatic ring is 3. The molecule has 1 amide bonds. The van der Waals surface area contributed by atoms with E-state index in [0.717, 1.165) is 7.11 Å². The minimum absolute atomic E-state index is 0.0131. The van der Waals surface area contributed by atoms with Gasteiger partial charge in [-0.25, -0.2) is 24.4 Å². The molecule has 8 N–H and O–H groups in total. The number of carboxylic acid groups (broad SMARTS) is 1. The molecule has 2 aromatic heterocycles. The SMILES string of the molecule is CNC(=O)c1c(Cl)cc(Cl)c(OC)c1N.COC(=O)c1c(Cl)cc(Cl)c(OC)c1N.COC(=O)c1c(Cl)cc(Cl)c(OC)c1[N+](=O)[O-].COc1c(Cl)cc(Cl)c(C(=O)O)c1N.COc1c(Cl)cc(Cl)c2c(=O)n(C)c(CCl)nc12.COc1c(Cl)cc(Cl)c2c(=O)n(C)c(CN(C)C)nc12. The Labute approximate surface area is 628 Å². The molecule has 8 aromatic rings. The molecule has 0 saturated carbocycles. The number of carbonyl (C=O) groups is 4. The molecule has 6 aromatic carbocycles. The highest BCUT2D eigenvalue weighted by Gasteiger charge is 2.32. The number of nitrogens with two attached hydrogens (primary N) is 3. The molecule has 0 radical (unpaired) electrons. The van der Waals surface area contributed by atoms with Gasteiger partial charge in [0.05, 0.1) is 168 Å². The number of esters is 2. The smallest absolute Gasteiger partial charge is 0.346 e. The van der Waals surface area contributed by atoms with Crippen LogP contribution in [0.25, 0.3) is 21.8 Å². The molecule has 2 heterocycles. The first-order chi connectivity index (χ1) is 46.3. The molecule has 536 valence electrons. The number of carbonyl (C=O) groups excluding carboxylic acids is 3. The molecule has 0 aliphatic carbocycles. The molecular weight excluding hydrogens is 1580 g/mol. The second-order valence-electron chi connectivity index (χ2n) is 19.1. The number of fused-ring (bicyclic) bond motifs is 2. The lowest BCUT2D eigenvalue weighted by Crippen LogP contribution is -2.26. The van der Waals surface area contributed by atoms with E-state index in [0.29, 0.717) is 56.2 Å². The van der Waals surface area contributed by atoms with Crippen LogP contribution in [0.2, 0.25) is 60.3 Å². The number of nitro benzene ring substituents is 1. The standard InChI is InChI=1S/C13H15Cl2N3O2.C11H9Cl3N2O2.C9H10Cl2N2O2.C9H7Cl2NO5.C9H9Cl2NO3.C8H7Cl2NO3/c1-17(2)6-9-16-11-10(13(19)18(9)3)7(14)5-8(15)12(11)20-4;1-16-7(4-12)15-9-8(11(16)17)5(13)3-6(14)10(9)18-2;1-13-9(14)6-4(10)3-5(11)8(15-2)7(6)12;1-16-8-5(11)3-4(10)6(9(13)17-2)7(8)12(14)15;1-14-8-5(11)3-4(10)6(7(8)12)9(13)15-2;1-14-7-4(10)2-3(9)5(6(7)11)8(12)13/h5H,6H2,1-4H3;3H,4H2,1-2H3;3H,12H2,1-2H3,(H,13,14);3H,1-2H3;3H,12H2,1-2H3;2H,11H2,1H3,(H,12,13). The fourth-order valence-corrected chi connectivity index (χ4v) is 12.3. The van der Waals surface area contributed by atoms with Crippen LogP contribution in [0.1, 0.15) is 53.1 Å². The van der Waals surface area contributed by atoms with E-state index in [-0.39, 0.29) is 141 Å². The summed E-state index contributed by atoms with van der Waals surface area (Å²) in [5.41, 5.74) is 16.3. The molecule has 8 rings (SSSR count). The van der Waals surface area contributed by atoms with Gasteiger partial charge in [-0.2, -0.15) is 0 Å². The molecule has 0 saturated heterocycles. The number of hydrogen-bond donors (Lipinski definition) is 5. The summed E-state index contributed by atoms with van der Waals surface area (Å²) in [4.78, 5) is 90.5. The average molecular weight is 1640 g/mol. The molecule has 0 spiro atoms. The van der Waals surface area contributed by atoms with Crippen molar-refractivity contribution in [2.75, 3.05) is 95.2 Å². The van der Waals surface area contributed by atoms with Crippen molar-refractivity contribution < 1.29 is 67.1 Å². The van der Waals surface area contributed by atoms with E-state index in [1.165, 1.54) is 102 Å². The number of carboxylic acids is 1. The summed E-state index contributed by atoms with van der Waals surface area (Å²) in [5, 5.41) is 24.7. The number of nitrogens with zero attached hydrogens (tertiary/aromatic N) is 6. The summed E-state index contributed by atoms with van der Waals surface area (Å²) < 4.78 is 41.8. The molecule has 0 fully saturated rings. The first-order valence-corrected chi connectivity index (χ1v) is 31.7. The van der Waals surface area contributed by atoms with Gasteiger partial charge in [0.15, 0.2) is 34.3 Å². The zero-order chi connectivity index (χ0) is 75.7. The van der Waals surface area contributed by atoms with Crippen LogP contribution < -0.4 is 62.1 Å². The van der Waals surface area contributed by atoms with E-state index in [1.54, 1.807) is 14.1 Å². The van der Waals surface area contributed by atoms with Crippen molar-refractivity contribution in [1.82, 2.24) is 29.3 Å². The number of hydrogen-bond acceptors (Lipinski definition) is 22. The van der Waals surface area contributed by atoms with Gasteiger partial charge in [0.2, 0.25) is 5.75 Å². The van der Waals surface area contributed by atoms with E-state index >= 15 is 0 Å². The maximum absolute atomic E-state index is 12.5. The summed E-state index contributed by atoms with van der Waals surface area (Å²) in [7, 11) is 19.2. The van der Waals surface area contributed by atoms with Crippen molar-refractivity contribution in [3.05, 3.63) is 161 Å². The van der Waals surface area contributed by atoms with Crippen LogP contribution >= 0.6 is 151 Å². The molecule has 99 heavy (non-hydrogen) atoms. The van der Waals surface area contributed by atoms with Crippen molar-refractivity contribution in [3.8, 4) is 34.5 Å². The molecule has 0 bridgehead atoms. The predicted molar refractivity (Wildman–Crippen MR) is 389 cm³/mol. The van der Waals surface area contributed by atoms with Crippen molar-refractivity contribution >= 4 is 219 Å². The molecule has 0 atom stereocenters. The fourth-order valence-electron chi connectivity index (χ4n) is 8.33. The topological polar surface area (TPSA) is 369 Å². The summed E-state index contributed by atoms with van der Waals surface area (Å²) in [5.74, 6) is -0.997. The first kappa shape index (κ1) is 86.0. The Morgan fingerprint density at radius 3 is 1.15 bits per heavy atom. The van der Waals surface area contributed by atoms with Gasteiger partial charge in [0.25, 0.3) is 17.0 Å². The Bertz CT molecular complexity index is 4470. The number of methoxy groups -OCH3 is 8. The normalized spacial score (nSPS) is 10.4. The van der Waals surface area contributed by atoms with Crippen LogP contribution in [0.3, 0.4) is 0 Å². The summed E-state index contributed by atoms with van der Waals surface area (Å²) in [6.45, 7) is 0.523. The highest BCUT2D eigenvalue weighted by Crippen LogP contribution is 2.44. The van der Waals surface area contributed by atoms with Crippen LogP contribution in [0.5, 0.6) is 34.5 Å². The second kappa shape index (κ2) is 38.6. The van der Waals surface area contributed by atoms with Crippen molar-refractivity contribution in [1.29, 1.82) is 0 Å². The summed E-state index contributed by atoms with van der Waals surface area (Å²) in [6, 6.07) is 8.23. The predicted octanol–water partition coefficient (Wildman–Crippen LogP) is 14.6. The van der Waals surface area contributed by atoms with Crippen LogP contribution in [0.15, 0.2) is 46.0 Å². The number of aromatic carboxylic acids is 1. The van der Waals surface area contributed by atoms with Crippen LogP contribution in [0.4, 0.5) is 22.7 Å². The largest absolute Gasteiger partial charge is 0.493 e. The lowest BCUT2D eigenvalue weighted by atomic mass is 10.1. The zero-order valence-corrected chi connectivity index (χ0v) is 63.5. The van der Waals surface area contributed by atoms with E-state index < -0.39 is 28.5 Å². The van der Waals surface area contributed by atoms with Crippen molar-refractivity contribution in [2.24, 2.45) is 14.1 Å². The molecule has 40 heteroatoms. The Morgan fingerprint density at radius 2 is 0.808 bits per heavy atom. The minimum atomic E-state index is -1.22. The quantitative estimate of drug-likeness (QED) is 0.0222. The minimum Gasteiger partial charge on any atom is -0.493 e. The third kappa shape index (κ3) is 20.1. The fraction of sp³-hybridized carbons (Fsp3) is 0.254. The van der Waals surface area contributed by atoms with Crippen molar-refractivity contribution in [3.63, 3.8) is 0 Å². The Hall–Kier alpha value is -7.19. The van der Waals surface area contributed by atoms with Gasteiger partial charge in [-0.3, -0.25) is 33.6 Å². The number of nitro groups is 1. The van der Waals surface area contributed by atoms with Gasteiger partial charge in [0.1, 0.15) is 33.8 Å². The van der Waals surface area contributed by atoms with E-state index in [9.17, 15) is 38.9 Å².